The lowest BCUT2D eigenvalue weighted by Gasteiger charge is -1.89. The highest BCUT2D eigenvalue weighted by Gasteiger charge is 1.98. The Balaban J connectivity index is 3.71. The van der Waals surface area contributed by atoms with Crippen molar-refractivity contribution >= 4 is 5.97 Å². The number of esters is 1. The minimum Gasteiger partial charge on any atom is -0.369 e. The smallest absolute Gasteiger partial charge is 0.347 e. The Morgan fingerprint density at radius 3 is 2.50 bits per heavy atom. The molecule has 0 unspecified atom stereocenters. The van der Waals surface area contributed by atoms with E-state index in [1.165, 1.54) is 6.92 Å². The molecule has 0 amide bonds. The zero-order valence-corrected chi connectivity index (χ0v) is 4.60. The standard InChI is InChI=1S/C6H6O2/c1-4-8-6(7)5(2)3/h1H,2H2,3H3. The number of carbonyl (C=O) groups is 1. The molecule has 0 aliphatic carbocycles. The van der Waals surface area contributed by atoms with Crippen molar-refractivity contribution in [1.29, 1.82) is 0 Å². The molecule has 8 heavy (non-hydrogen) atoms. The van der Waals surface area contributed by atoms with Gasteiger partial charge in [-0.05, 0) is 6.92 Å². The molecule has 0 bridgehead atoms. The van der Waals surface area contributed by atoms with Crippen LogP contribution in [0.4, 0.5) is 0 Å². The van der Waals surface area contributed by atoms with Gasteiger partial charge in [-0.2, -0.15) is 0 Å². The Kier molecular flexibility index (Phi) is 2.42. The highest BCUT2D eigenvalue weighted by Crippen LogP contribution is 1.88. The third-order valence-electron chi connectivity index (χ3n) is 0.500. The summed E-state index contributed by atoms with van der Waals surface area (Å²) < 4.78 is 4.09. The van der Waals surface area contributed by atoms with Gasteiger partial charge in [0.25, 0.3) is 0 Å². The Bertz CT molecular complexity index is 150. The Morgan fingerprint density at radius 1 is 1.88 bits per heavy atom. The molecule has 2 nitrogen and oxygen atoms in total. The summed E-state index contributed by atoms with van der Waals surface area (Å²) in [4.78, 5) is 10.3. The van der Waals surface area contributed by atoms with Crippen molar-refractivity contribution in [3.8, 4) is 12.5 Å². The second-order valence-corrected chi connectivity index (χ2v) is 1.29. The van der Waals surface area contributed by atoms with Crippen LogP contribution in [0.25, 0.3) is 0 Å². The quantitative estimate of drug-likeness (QED) is 0.282. The van der Waals surface area contributed by atoms with E-state index < -0.39 is 5.97 Å². The Labute approximate surface area is 48.1 Å². The monoisotopic (exact) mass is 110 g/mol. The maximum Gasteiger partial charge on any atom is 0.347 e. The van der Waals surface area contributed by atoms with Crippen LogP contribution >= 0.6 is 0 Å². The fourth-order valence-corrected chi connectivity index (χ4v) is 0.141. The molecule has 42 valence electrons. The van der Waals surface area contributed by atoms with Gasteiger partial charge >= 0.3 is 5.97 Å². The summed E-state index contributed by atoms with van der Waals surface area (Å²) in [5.41, 5.74) is 0.308. The Morgan fingerprint density at radius 2 is 2.38 bits per heavy atom. The van der Waals surface area contributed by atoms with Gasteiger partial charge in [-0.15, -0.1) is 0 Å². The van der Waals surface area contributed by atoms with Gasteiger partial charge < -0.3 is 4.74 Å². The lowest BCUT2D eigenvalue weighted by molar-refractivity contribution is -0.132. The summed E-state index contributed by atoms with van der Waals surface area (Å²) in [5, 5.41) is 0. The second kappa shape index (κ2) is 2.86. The third kappa shape index (κ3) is 2.04. The molecule has 0 aromatic rings. The highest BCUT2D eigenvalue weighted by molar-refractivity contribution is 5.87. The summed E-state index contributed by atoms with van der Waals surface area (Å²) >= 11 is 0. The number of ether oxygens (including phenoxy) is 1. The van der Waals surface area contributed by atoms with Gasteiger partial charge in [0.2, 0.25) is 0 Å². The molecule has 0 saturated heterocycles. The van der Waals surface area contributed by atoms with Crippen molar-refractivity contribution in [2.75, 3.05) is 0 Å². The van der Waals surface area contributed by atoms with E-state index in [0.29, 0.717) is 5.57 Å². The van der Waals surface area contributed by atoms with Gasteiger partial charge in [0.15, 0.2) is 0 Å². The second-order valence-electron chi connectivity index (χ2n) is 1.29. The summed E-state index contributed by atoms with van der Waals surface area (Å²) in [6.45, 7) is 4.83. The van der Waals surface area contributed by atoms with E-state index in [9.17, 15) is 4.79 Å². The molecule has 0 heterocycles. The minimum atomic E-state index is -0.549. The van der Waals surface area contributed by atoms with Gasteiger partial charge in [-0.25, -0.2) is 4.79 Å². The molecule has 0 spiro atoms. The Hall–Kier alpha value is -1.23. The predicted molar refractivity (Wildman–Crippen MR) is 29.7 cm³/mol. The van der Waals surface area contributed by atoms with Crippen molar-refractivity contribution in [3.05, 3.63) is 12.2 Å². The van der Waals surface area contributed by atoms with Crippen molar-refractivity contribution in [2.45, 2.75) is 6.92 Å². The molecule has 0 saturated carbocycles. The lowest BCUT2D eigenvalue weighted by Crippen LogP contribution is -1.98. The van der Waals surface area contributed by atoms with Crippen LogP contribution in [0.3, 0.4) is 0 Å². The maximum atomic E-state index is 10.3. The summed E-state index contributed by atoms with van der Waals surface area (Å²) in [6.07, 6.45) is 6.37. The number of terminal acetylenes is 1. The molecule has 0 fully saturated rings. The molecule has 0 aliphatic rings. The van der Waals surface area contributed by atoms with Gasteiger partial charge in [-0.3, -0.25) is 0 Å². The average molecular weight is 110 g/mol. The fraction of sp³-hybridized carbons (Fsp3) is 0.167. The molecule has 2 heteroatoms. The highest BCUT2D eigenvalue weighted by atomic mass is 16.5. The lowest BCUT2D eigenvalue weighted by atomic mass is 10.4. The molecule has 0 N–H and O–H groups in total. The van der Waals surface area contributed by atoms with Crippen LogP contribution in [0.2, 0.25) is 0 Å². The van der Waals surface area contributed by atoms with Crippen molar-refractivity contribution < 1.29 is 9.53 Å². The zero-order valence-electron chi connectivity index (χ0n) is 4.60. The first-order chi connectivity index (χ1) is 3.68. The SMILES string of the molecule is C#COC(=O)C(=C)C. The van der Waals surface area contributed by atoms with E-state index in [2.05, 4.69) is 17.7 Å². The van der Waals surface area contributed by atoms with Crippen LogP contribution < -0.4 is 0 Å². The number of carbonyl (C=O) groups excluding carboxylic acids is 1. The summed E-state index contributed by atoms with van der Waals surface area (Å²) in [7, 11) is 0. The van der Waals surface area contributed by atoms with Crippen LogP contribution in [0.1, 0.15) is 6.92 Å². The number of hydrogen-bond acceptors (Lipinski definition) is 2. The van der Waals surface area contributed by atoms with Crippen LogP contribution in [-0.4, -0.2) is 5.97 Å². The predicted octanol–water partition coefficient (Wildman–Crippen LogP) is 0.696. The van der Waals surface area contributed by atoms with Crippen LogP contribution in [0.15, 0.2) is 12.2 Å². The third-order valence-corrected chi connectivity index (χ3v) is 0.500. The van der Waals surface area contributed by atoms with Gasteiger partial charge in [0, 0.05) is 5.57 Å². The van der Waals surface area contributed by atoms with Crippen molar-refractivity contribution in [3.63, 3.8) is 0 Å². The molecule has 0 rings (SSSR count). The van der Waals surface area contributed by atoms with Gasteiger partial charge in [-0.1, -0.05) is 13.0 Å². The molecular weight excluding hydrogens is 104 g/mol. The fourth-order valence-electron chi connectivity index (χ4n) is 0.141. The van der Waals surface area contributed by atoms with Gasteiger partial charge in [0.05, 0.1) is 0 Å². The normalized spacial score (nSPS) is 7.00. The van der Waals surface area contributed by atoms with E-state index >= 15 is 0 Å². The van der Waals surface area contributed by atoms with E-state index in [1.54, 1.807) is 6.11 Å². The van der Waals surface area contributed by atoms with Crippen LogP contribution in [-0.2, 0) is 9.53 Å². The maximum absolute atomic E-state index is 10.3. The van der Waals surface area contributed by atoms with Crippen LogP contribution in [0.5, 0.6) is 0 Å². The largest absolute Gasteiger partial charge is 0.369 e. The number of rotatable bonds is 1. The average Bonchev–Trinajstić information content (AvgIpc) is 1.67. The van der Waals surface area contributed by atoms with Crippen molar-refractivity contribution in [1.82, 2.24) is 0 Å². The molecule has 0 aromatic carbocycles. The van der Waals surface area contributed by atoms with E-state index in [-0.39, 0.29) is 0 Å². The van der Waals surface area contributed by atoms with E-state index in [0.717, 1.165) is 0 Å². The zero-order chi connectivity index (χ0) is 6.57. The van der Waals surface area contributed by atoms with Gasteiger partial charge in [0.1, 0.15) is 6.11 Å². The van der Waals surface area contributed by atoms with Crippen molar-refractivity contribution in [2.24, 2.45) is 0 Å². The van der Waals surface area contributed by atoms with E-state index in [1.807, 2.05) is 0 Å². The molecule has 0 radical (unpaired) electrons. The molecule has 0 aromatic heterocycles. The molecule has 0 aliphatic heterocycles. The summed E-state index contributed by atoms with van der Waals surface area (Å²) in [5.74, 6) is -0.549. The minimum absolute atomic E-state index is 0.308. The first kappa shape index (κ1) is 6.77. The molecule has 0 atom stereocenters. The molecular formula is C6H6O2. The van der Waals surface area contributed by atoms with E-state index in [4.69, 9.17) is 0 Å². The first-order valence-corrected chi connectivity index (χ1v) is 2.00. The summed E-state index contributed by atoms with van der Waals surface area (Å²) in [6, 6.07) is 0. The first-order valence-electron chi connectivity index (χ1n) is 2.00. The number of hydrogen-bond donors (Lipinski definition) is 0. The topological polar surface area (TPSA) is 26.3 Å². The van der Waals surface area contributed by atoms with Crippen LogP contribution in [0, 0.1) is 12.5 Å².